The van der Waals surface area contributed by atoms with E-state index < -0.39 is 0 Å². The van der Waals surface area contributed by atoms with E-state index in [9.17, 15) is 4.79 Å². The SMILES string of the molecule is O=C(Cc1cc(Cl)c2c(c1)OCCCO2)N1CCCC1. The molecule has 3 rings (SSSR count). The molecule has 1 saturated heterocycles. The third-order valence-corrected chi connectivity index (χ3v) is 3.96. The molecule has 5 heteroatoms. The van der Waals surface area contributed by atoms with Gasteiger partial charge in [-0.15, -0.1) is 0 Å². The lowest BCUT2D eigenvalue weighted by Gasteiger charge is -2.16. The first-order valence-corrected chi connectivity index (χ1v) is 7.47. The van der Waals surface area contributed by atoms with Crippen molar-refractivity contribution in [3.05, 3.63) is 22.7 Å². The number of ether oxygens (including phenoxy) is 2. The van der Waals surface area contributed by atoms with Crippen LogP contribution < -0.4 is 9.47 Å². The molecule has 0 bridgehead atoms. The molecule has 0 aromatic heterocycles. The largest absolute Gasteiger partial charge is 0.489 e. The van der Waals surface area contributed by atoms with Crippen LogP contribution in [0.1, 0.15) is 24.8 Å². The smallest absolute Gasteiger partial charge is 0.226 e. The predicted octanol–water partition coefficient (Wildman–Crippen LogP) is 2.67. The van der Waals surface area contributed by atoms with Gasteiger partial charge in [0.2, 0.25) is 5.91 Å². The highest BCUT2D eigenvalue weighted by Gasteiger charge is 2.20. The minimum absolute atomic E-state index is 0.160. The summed E-state index contributed by atoms with van der Waals surface area (Å²) in [6.07, 6.45) is 3.42. The summed E-state index contributed by atoms with van der Waals surface area (Å²) in [7, 11) is 0. The topological polar surface area (TPSA) is 38.8 Å². The molecule has 0 spiro atoms. The molecule has 2 aliphatic rings. The van der Waals surface area contributed by atoms with E-state index in [-0.39, 0.29) is 5.91 Å². The van der Waals surface area contributed by atoms with Crippen molar-refractivity contribution in [1.82, 2.24) is 4.90 Å². The Balaban J connectivity index is 1.78. The standard InChI is InChI=1S/C15H18ClNO3/c16-12-8-11(10-14(18)17-4-1-2-5-17)9-13-15(12)20-7-3-6-19-13/h8-9H,1-7,10H2. The average Bonchev–Trinajstić information content (AvgIpc) is 2.85. The third kappa shape index (κ3) is 2.85. The monoisotopic (exact) mass is 295 g/mol. The van der Waals surface area contributed by atoms with E-state index in [1.807, 2.05) is 17.0 Å². The van der Waals surface area contributed by atoms with E-state index in [1.54, 1.807) is 0 Å². The summed E-state index contributed by atoms with van der Waals surface area (Å²) in [6, 6.07) is 3.68. The molecule has 1 amide bonds. The molecule has 2 aliphatic heterocycles. The van der Waals surface area contributed by atoms with Crippen molar-refractivity contribution in [3.63, 3.8) is 0 Å². The lowest BCUT2D eigenvalue weighted by molar-refractivity contribution is -0.129. The second-order valence-corrected chi connectivity index (χ2v) is 5.63. The molecular formula is C15H18ClNO3. The van der Waals surface area contributed by atoms with Crippen molar-refractivity contribution < 1.29 is 14.3 Å². The van der Waals surface area contributed by atoms with E-state index in [2.05, 4.69) is 0 Å². The average molecular weight is 296 g/mol. The van der Waals surface area contributed by atoms with Crippen LogP contribution in [-0.2, 0) is 11.2 Å². The Morgan fingerprint density at radius 3 is 2.70 bits per heavy atom. The summed E-state index contributed by atoms with van der Waals surface area (Å²) in [5, 5.41) is 0.522. The molecule has 0 N–H and O–H groups in total. The minimum atomic E-state index is 0.160. The van der Waals surface area contributed by atoms with Crippen LogP contribution in [0.25, 0.3) is 0 Å². The van der Waals surface area contributed by atoms with Gasteiger partial charge < -0.3 is 14.4 Å². The fourth-order valence-corrected chi connectivity index (χ4v) is 2.93. The number of hydrogen-bond acceptors (Lipinski definition) is 3. The van der Waals surface area contributed by atoms with Crippen LogP contribution in [0.2, 0.25) is 5.02 Å². The number of fused-ring (bicyclic) bond motifs is 1. The van der Waals surface area contributed by atoms with Gasteiger partial charge in [-0.05, 0) is 30.5 Å². The van der Waals surface area contributed by atoms with Crippen LogP contribution in [0.3, 0.4) is 0 Å². The number of benzene rings is 1. The van der Waals surface area contributed by atoms with Crippen LogP contribution in [0, 0.1) is 0 Å². The molecule has 0 saturated carbocycles. The van der Waals surface area contributed by atoms with Gasteiger partial charge in [0.15, 0.2) is 11.5 Å². The number of carbonyl (C=O) groups excluding carboxylic acids is 1. The Kier molecular flexibility index (Phi) is 4.01. The number of halogens is 1. The van der Waals surface area contributed by atoms with Crippen molar-refractivity contribution >= 4 is 17.5 Å². The van der Waals surface area contributed by atoms with Gasteiger partial charge in [-0.25, -0.2) is 0 Å². The summed E-state index contributed by atoms with van der Waals surface area (Å²) in [4.78, 5) is 14.1. The van der Waals surface area contributed by atoms with Gasteiger partial charge in [0.05, 0.1) is 24.7 Å². The molecule has 0 atom stereocenters. The van der Waals surface area contributed by atoms with Gasteiger partial charge in [-0.2, -0.15) is 0 Å². The Bertz CT molecular complexity index is 512. The van der Waals surface area contributed by atoms with Gasteiger partial charge in [0.1, 0.15) is 0 Å². The molecule has 0 aliphatic carbocycles. The van der Waals surface area contributed by atoms with E-state index in [0.29, 0.717) is 36.2 Å². The zero-order valence-corrected chi connectivity index (χ0v) is 12.1. The van der Waals surface area contributed by atoms with Gasteiger partial charge in [-0.1, -0.05) is 11.6 Å². The van der Waals surface area contributed by atoms with Crippen molar-refractivity contribution in [2.24, 2.45) is 0 Å². The van der Waals surface area contributed by atoms with Crippen LogP contribution >= 0.6 is 11.6 Å². The summed E-state index contributed by atoms with van der Waals surface area (Å²) in [6.45, 7) is 2.97. The molecule has 2 heterocycles. The van der Waals surface area contributed by atoms with Crippen molar-refractivity contribution in [2.75, 3.05) is 26.3 Å². The number of amides is 1. The van der Waals surface area contributed by atoms with Crippen molar-refractivity contribution in [3.8, 4) is 11.5 Å². The molecule has 0 unspecified atom stereocenters. The molecule has 1 fully saturated rings. The summed E-state index contributed by atoms with van der Waals surface area (Å²) >= 11 is 6.23. The van der Waals surface area contributed by atoms with Crippen LogP contribution in [0.5, 0.6) is 11.5 Å². The summed E-state index contributed by atoms with van der Waals surface area (Å²) in [5.41, 5.74) is 0.885. The fraction of sp³-hybridized carbons (Fsp3) is 0.533. The van der Waals surface area contributed by atoms with Gasteiger partial charge in [0, 0.05) is 19.5 Å². The highest BCUT2D eigenvalue weighted by atomic mass is 35.5. The quantitative estimate of drug-likeness (QED) is 0.842. The Hall–Kier alpha value is -1.42. The maximum absolute atomic E-state index is 12.2. The molecule has 0 radical (unpaired) electrons. The molecule has 4 nitrogen and oxygen atoms in total. The minimum Gasteiger partial charge on any atom is -0.489 e. The zero-order valence-electron chi connectivity index (χ0n) is 11.4. The van der Waals surface area contributed by atoms with Crippen LogP contribution in [0.15, 0.2) is 12.1 Å². The van der Waals surface area contributed by atoms with Crippen LogP contribution in [-0.4, -0.2) is 37.1 Å². The fourth-order valence-electron chi connectivity index (χ4n) is 2.64. The first-order valence-electron chi connectivity index (χ1n) is 7.10. The Morgan fingerprint density at radius 1 is 1.15 bits per heavy atom. The maximum atomic E-state index is 12.2. The van der Waals surface area contributed by atoms with Crippen LogP contribution in [0.4, 0.5) is 0 Å². The Labute approximate surface area is 123 Å². The maximum Gasteiger partial charge on any atom is 0.226 e. The summed E-state index contributed by atoms with van der Waals surface area (Å²) in [5.74, 6) is 1.41. The van der Waals surface area contributed by atoms with Crippen molar-refractivity contribution in [1.29, 1.82) is 0 Å². The normalized spacial score (nSPS) is 17.9. The highest BCUT2D eigenvalue weighted by molar-refractivity contribution is 6.32. The van der Waals surface area contributed by atoms with E-state index >= 15 is 0 Å². The highest BCUT2D eigenvalue weighted by Crippen LogP contribution is 2.38. The van der Waals surface area contributed by atoms with Gasteiger partial charge in [-0.3, -0.25) is 4.79 Å². The molecule has 108 valence electrons. The number of hydrogen-bond donors (Lipinski definition) is 0. The molecule has 1 aromatic carbocycles. The number of rotatable bonds is 2. The third-order valence-electron chi connectivity index (χ3n) is 3.68. The lowest BCUT2D eigenvalue weighted by Crippen LogP contribution is -2.29. The number of nitrogens with zero attached hydrogens (tertiary/aromatic N) is 1. The number of carbonyl (C=O) groups is 1. The van der Waals surface area contributed by atoms with E-state index in [1.165, 1.54) is 0 Å². The first kappa shape index (κ1) is 13.6. The predicted molar refractivity (Wildman–Crippen MR) is 76.6 cm³/mol. The van der Waals surface area contributed by atoms with Gasteiger partial charge in [0.25, 0.3) is 0 Å². The Morgan fingerprint density at radius 2 is 1.90 bits per heavy atom. The van der Waals surface area contributed by atoms with E-state index in [0.717, 1.165) is 37.9 Å². The second kappa shape index (κ2) is 5.92. The zero-order chi connectivity index (χ0) is 13.9. The van der Waals surface area contributed by atoms with E-state index in [4.69, 9.17) is 21.1 Å². The summed E-state index contributed by atoms with van der Waals surface area (Å²) < 4.78 is 11.2. The van der Waals surface area contributed by atoms with Crippen molar-refractivity contribution in [2.45, 2.75) is 25.7 Å². The lowest BCUT2D eigenvalue weighted by atomic mass is 10.1. The second-order valence-electron chi connectivity index (χ2n) is 5.22. The van der Waals surface area contributed by atoms with Gasteiger partial charge >= 0.3 is 0 Å². The molecule has 1 aromatic rings. The first-order chi connectivity index (χ1) is 9.74. The number of likely N-dealkylation sites (tertiary alicyclic amines) is 1. The molecule has 20 heavy (non-hydrogen) atoms. The molecular weight excluding hydrogens is 278 g/mol.